The third-order valence-corrected chi connectivity index (χ3v) is 4.13. The first-order chi connectivity index (χ1) is 6.52. The maximum Gasteiger partial charge on any atom is 0.385 e. The van der Waals surface area contributed by atoms with E-state index in [2.05, 4.69) is 6.92 Å². The Bertz CT molecular complexity index is 219. The van der Waals surface area contributed by atoms with Crippen LogP contribution in [-0.2, 0) is 13.6 Å². The predicted octanol–water partition coefficient (Wildman–Crippen LogP) is 2.16. The van der Waals surface area contributed by atoms with Gasteiger partial charge in [-0.15, -0.1) is 0 Å². The molecule has 0 radical (unpaired) electrons. The largest absolute Gasteiger partial charge is 0.493 e. The Labute approximate surface area is 87.9 Å². The van der Waals surface area contributed by atoms with E-state index in [1.54, 1.807) is 14.0 Å². The van der Waals surface area contributed by atoms with Crippen molar-refractivity contribution < 1.29 is 13.6 Å². The van der Waals surface area contributed by atoms with Gasteiger partial charge in [0.25, 0.3) is 0 Å². The second-order valence-corrected chi connectivity index (χ2v) is 5.63. The third-order valence-electron chi connectivity index (χ3n) is 2.08. The van der Waals surface area contributed by atoms with Crippen LogP contribution in [0.1, 0.15) is 34.1 Å². The van der Waals surface area contributed by atoms with Gasteiger partial charge in [-0.05, 0) is 26.8 Å². The summed E-state index contributed by atoms with van der Waals surface area (Å²) in [5, 5.41) is 0. The topological polar surface area (TPSA) is 35.5 Å². The van der Waals surface area contributed by atoms with Crippen LogP contribution in [0.4, 0.5) is 0 Å². The van der Waals surface area contributed by atoms with Crippen molar-refractivity contribution in [3.05, 3.63) is 11.1 Å². The van der Waals surface area contributed by atoms with E-state index in [1.165, 1.54) is 0 Å². The minimum absolute atomic E-state index is 0.225. The van der Waals surface area contributed by atoms with Gasteiger partial charge in [0.1, 0.15) is 0 Å². The highest BCUT2D eigenvalue weighted by atomic mass is 28.3. The minimum atomic E-state index is -1.75. The van der Waals surface area contributed by atoms with E-state index < -0.39 is 9.28 Å². The van der Waals surface area contributed by atoms with Crippen LogP contribution in [-0.4, -0.2) is 22.4 Å². The summed E-state index contributed by atoms with van der Waals surface area (Å²) in [6.45, 7) is 7.64. The Morgan fingerprint density at radius 2 is 1.86 bits per heavy atom. The van der Waals surface area contributed by atoms with Crippen molar-refractivity contribution in [3.63, 3.8) is 0 Å². The maximum absolute atomic E-state index is 11.5. The molecule has 0 aromatic heterocycles. The van der Waals surface area contributed by atoms with Gasteiger partial charge in [0.05, 0.1) is 0 Å². The van der Waals surface area contributed by atoms with E-state index in [4.69, 9.17) is 8.85 Å². The van der Waals surface area contributed by atoms with E-state index in [0.717, 1.165) is 18.0 Å². The van der Waals surface area contributed by atoms with E-state index in [-0.39, 0.29) is 5.97 Å². The van der Waals surface area contributed by atoms with E-state index in [9.17, 15) is 4.79 Å². The summed E-state index contributed by atoms with van der Waals surface area (Å²) in [4.78, 5) is 11.5. The van der Waals surface area contributed by atoms with Crippen molar-refractivity contribution in [1.82, 2.24) is 0 Å². The summed E-state index contributed by atoms with van der Waals surface area (Å²) in [6, 6.07) is 0.873. The molecule has 0 aliphatic carbocycles. The normalized spacial score (nSPS) is 12.1. The van der Waals surface area contributed by atoms with Gasteiger partial charge < -0.3 is 8.85 Å². The molecule has 0 fully saturated rings. The van der Waals surface area contributed by atoms with Crippen LogP contribution >= 0.6 is 0 Å². The lowest BCUT2D eigenvalue weighted by Gasteiger charge is -2.14. The average Bonchev–Trinajstić information content (AvgIpc) is 2.15. The molecule has 3 nitrogen and oxygen atoms in total. The maximum atomic E-state index is 11.5. The number of allylic oxidation sites excluding steroid dienone is 1. The van der Waals surface area contributed by atoms with Crippen molar-refractivity contribution >= 4 is 15.3 Å². The lowest BCUT2D eigenvalue weighted by Crippen LogP contribution is -2.25. The van der Waals surface area contributed by atoms with Crippen molar-refractivity contribution in [2.45, 2.75) is 40.2 Å². The lowest BCUT2D eigenvalue weighted by atomic mass is 10.2. The molecule has 0 N–H and O–H groups in total. The molecule has 0 rings (SSSR count). The fraction of sp³-hybridized carbons (Fsp3) is 0.700. The van der Waals surface area contributed by atoms with Gasteiger partial charge in [0, 0.05) is 12.7 Å². The summed E-state index contributed by atoms with van der Waals surface area (Å²) < 4.78 is 10.4. The zero-order valence-corrected chi connectivity index (χ0v) is 10.9. The van der Waals surface area contributed by atoms with Gasteiger partial charge in [-0.3, -0.25) is 0 Å². The Morgan fingerprint density at radius 3 is 2.21 bits per heavy atom. The van der Waals surface area contributed by atoms with Gasteiger partial charge >= 0.3 is 15.3 Å². The quantitative estimate of drug-likeness (QED) is 0.522. The summed E-state index contributed by atoms with van der Waals surface area (Å²) in [5.41, 5.74) is 1.69. The highest BCUT2D eigenvalue weighted by Gasteiger charge is 2.17. The van der Waals surface area contributed by atoms with Gasteiger partial charge in [0.15, 0.2) is 0 Å². The number of carbonyl (C=O) groups is 1. The minimum Gasteiger partial charge on any atom is -0.493 e. The first-order valence-electron chi connectivity index (χ1n) is 4.90. The van der Waals surface area contributed by atoms with Crippen LogP contribution in [0.15, 0.2) is 11.1 Å². The smallest absolute Gasteiger partial charge is 0.385 e. The predicted molar refractivity (Wildman–Crippen MR) is 59.4 cm³/mol. The number of carbonyl (C=O) groups excluding carboxylic acids is 1. The molecule has 0 aromatic rings. The van der Waals surface area contributed by atoms with Crippen molar-refractivity contribution in [1.29, 1.82) is 0 Å². The first kappa shape index (κ1) is 13.4. The Kier molecular flexibility index (Phi) is 6.49. The zero-order chi connectivity index (χ0) is 11.1. The standard InChI is InChI=1S/C10H20O3Si/c1-6-7-14(12-5)13-10(11)9(4)8(2)3/h14H,6-7H2,1-5H3. The second-order valence-electron chi connectivity index (χ2n) is 3.48. The number of rotatable bonds is 5. The molecule has 0 aromatic carbocycles. The summed E-state index contributed by atoms with van der Waals surface area (Å²) >= 11 is 0. The van der Waals surface area contributed by atoms with Gasteiger partial charge in [-0.1, -0.05) is 18.9 Å². The van der Waals surface area contributed by atoms with Crippen LogP contribution in [0.5, 0.6) is 0 Å². The molecule has 4 heteroatoms. The van der Waals surface area contributed by atoms with Crippen LogP contribution in [0, 0.1) is 0 Å². The fourth-order valence-corrected chi connectivity index (χ4v) is 2.21. The molecule has 14 heavy (non-hydrogen) atoms. The molecule has 0 amide bonds. The van der Waals surface area contributed by atoms with Crippen molar-refractivity contribution in [3.8, 4) is 0 Å². The van der Waals surface area contributed by atoms with Crippen LogP contribution < -0.4 is 0 Å². The average molecular weight is 216 g/mol. The number of hydrogen-bond donors (Lipinski definition) is 0. The fourth-order valence-electron chi connectivity index (χ4n) is 0.872. The van der Waals surface area contributed by atoms with E-state index in [0.29, 0.717) is 5.57 Å². The van der Waals surface area contributed by atoms with E-state index >= 15 is 0 Å². The van der Waals surface area contributed by atoms with Crippen LogP contribution in [0.25, 0.3) is 0 Å². The highest BCUT2D eigenvalue weighted by molar-refractivity contribution is 6.47. The van der Waals surface area contributed by atoms with Gasteiger partial charge in [-0.25, -0.2) is 4.79 Å². The third kappa shape index (κ3) is 4.57. The Balaban J connectivity index is 4.23. The molecule has 1 unspecified atom stereocenters. The molecule has 0 heterocycles. The Hall–Kier alpha value is -0.613. The van der Waals surface area contributed by atoms with Gasteiger partial charge in [-0.2, -0.15) is 0 Å². The molecule has 0 spiro atoms. The van der Waals surface area contributed by atoms with Gasteiger partial charge in [0.2, 0.25) is 0 Å². The molecule has 0 bridgehead atoms. The first-order valence-corrected chi connectivity index (χ1v) is 6.66. The van der Waals surface area contributed by atoms with Crippen molar-refractivity contribution in [2.24, 2.45) is 0 Å². The number of hydrogen-bond acceptors (Lipinski definition) is 3. The van der Waals surface area contributed by atoms with Crippen LogP contribution in [0.2, 0.25) is 6.04 Å². The molecule has 0 saturated heterocycles. The monoisotopic (exact) mass is 216 g/mol. The molecule has 0 aliphatic rings. The van der Waals surface area contributed by atoms with Crippen LogP contribution in [0.3, 0.4) is 0 Å². The van der Waals surface area contributed by atoms with Crippen molar-refractivity contribution in [2.75, 3.05) is 7.11 Å². The Morgan fingerprint density at radius 1 is 1.29 bits per heavy atom. The molecule has 0 aliphatic heterocycles. The molecule has 0 saturated carbocycles. The van der Waals surface area contributed by atoms with E-state index in [1.807, 2.05) is 13.8 Å². The summed E-state index contributed by atoms with van der Waals surface area (Å²) in [6.07, 6.45) is 0.992. The molecular formula is C10H20O3Si. The lowest BCUT2D eigenvalue weighted by molar-refractivity contribution is -0.131. The molecule has 82 valence electrons. The zero-order valence-electron chi connectivity index (χ0n) is 9.72. The summed E-state index contributed by atoms with van der Waals surface area (Å²) in [5.74, 6) is -0.225. The second kappa shape index (κ2) is 6.78. The summed E-state index contributed by atoms with van der Waals surface area (Å²) in [7, 11) is -0.143. The highest BCUT2D eigenvalue weighted by Crippen LogP contribution is 2.08. The molecule has 1 atom stereocenters. The SMILES string of the molecule is CCC[SiH](OC)OC(=O)C(C)=C(C)C. The molecular weight excluding hydrogens is 196 g/mol.